The Labute approximate surface area is 204 Å². The third-order valence-electron chi connectivity index (χ3n) is 7.84. The number of nitrogen functional groups attached to an aromatic ring is 1. The number of carbonyl (C=O) groups is 1. The number of pyridine rings is 1. The Morgan fingerprint density at radius 2 is 1.86 bits per heavy atom. The lowest BCUT2D eigenvalue weighted by Gasteiger charge is -2.25. The maximum Gasteiger partial charge on any atom is 0.307 e. The highest BCUT2D eigenvalue weighted by molar-refractivity contribution is 6.01. The Morgan fingerprint density at radius 3 is 2.69 bits per heavy atom. The summed E-state index contributed by atoms with van der Waals surface area (Å²) in [5.41, 5.74) is 11.9. The summed E-state index contributed by atoms with van der Waals surface area (Å²) in [4.78, 5) is 15.7. The molecule has 1 aromatic heterocycles. The number of benzene rings is 3. The SMILES string of the molecule is Nc1nccc2c(-c3ccc4c(c3)C(Oc3ccccc3CC(=O)O)CC43CCCC3)cccc12. The Kier molecular flexibility index (Phi) is 5.21. The van der Waals surface area contributed by atoms with Crippen LogP contribution in [0.25, 0.3) is 21.9 Å². The van der Waals surface area contributed by atoms with Crippen LogP contribution in [0.3, 0.4) is 0 Å². The van der Waals surface area contributed by atoms with Crippen molar-refractivity contribution in [2.24, 2.45) is 0 Å². The first kappa shape index (κ1) is 21.7. The Morgan fingerprint density at radius 1 is 1.03 bits per heavy atom. The zero-order valence-electron chi connectivity index (χ0n) is 19.5. The quantitative estimate of drug-likeness (QED) is 0.355. The number of aromatic nitrogens is 1. The molecule has 35 heavy (non-hydrogen) atoms. The number of rotatable bonds is 5. The third-order valence-corrected chi connectivity index (χ3v) is 7.84. The molecule has 0 amide bonds. The van der Waals surface area contributed by atoms with Crippen LogP contribution in [0, 0.1) is 0 Å². The van der Waals surface area contributed by atoms with Crippen LogP contribution in [0.2, 0.25) is 0 Å². The first-order valence-corrected chi connectivity index (χ1v) is 12.3. The van der Waals surface area contributed by atoms with E-state index in [2.05, 4.69) is 29.2 Å². The van der Waals surface area contributed by atoms with Crippen LogP contribution in [0.4, 0.5) is 5.82 Å². The van der Waals surface area contributed by atoms with Gasteiger partial charge in [0.1, 0.15) is 17.7 Å². The summed E-state index contributed by atoms with van der Waals surface area (Å²) in [6.45, 7) is 0. The monoisotopic (exact) mass is 464 g/mol. The predicted octanol–water partition coefficient (Wildman–Crippen LogP) is 6.45. The van der Waals surface area contributed by atoms with Gasteiger partial charge in [-0.05, 0) is 70.5 Å². The summed E-state index contributed by atoms with van der Waals surface area (Å²) in [5.74, 6) is 0.342. The first-order valence-electron chi connectivity index (χ1n) is 12.3. The van der Waals surface area contributed by atoms with E-state index in [4.69, 9.17) is 10.5 Å². The molecule has 1 fully saturated rings. The smallest absolute Gasteiger partial charge is 0.307 e. The van der Waals surface area contributed by atoms with Crippen LogP contribution < -0.4 is 10.5 Å². The molecule has 5 heteroatoms. The van der Waals surface area contributed by atoms with Crippen LogP contribution in [0.5, 0.6) is 5.75 Å². The summed E-state index contributed by atoms with van der Waals surface area (Å²) in [5, 5.41) is 11.4. The minimum absolute atomic E-state index is 0.0492. The fourth-order valence-electron chi connectivity index (χ4n) is 6.25. The van der Waals surface area contributed by atoms with Crippen molar-refractivity contribution < 1.29 is 14.6 Å². The average Bonchev–Trinajstić information content (AvgIpc) is 3.45. The van der Waals surface area contributed by atoms with E-state index in [0.717, 1.165) is 28.3 Å². The van der Waals surface area contributed by atoms with Crippen LogP contribution in [-0.2, 0) is 16.6 Å². The molecule has 176 valence electrons. The van der Waals surface area contributed by atoms with Crippen molar-refractivity contribution in [2.45, 2.75) is 50.0 Å². The number of anilines is 1. The van der Waals surface area contributed by atoms with Crippen molar-refractivity contribution in [3.8, 4) is 16.9 Å². The molecular weight excluding hydrogens is 436 g/mol. The van der Waals surface area contributed by atoms with Crippen molar-refractivity contribution in [3.63, 3.8) is 0 Å². The number of aliphatic carboxylic acids is 1. The molecular formula is C30H28N2O3. The van der Waals surface area contributed by atoms with E-state index in [1.807, 2.05) is 42.5 Å². The molecule has 1 atom stereocenters. The maximum atomic E-state index is 11.4. The molecule has 6 rings (SSSR count). The average molecular weight is 465 g/mol. The van der Waals surface area contributed by atoms with E-state index >= 15 is 0 Å². The molecule has 0 saturated heterocycles. The van der Waals surface area contributed by atoms with Gasteiger partial charge in [-0.3, -0.25) is 4.79 Å². The van der Waals surface area contributed by atoms with Crippen LogP contribution >= 0.6 is 0 Å². The van der Waals surface area contributed by atoms with Crippen molar-refractivity contribution in [3.05, 3.63) is 89.6 Å². The second-order valence-electron chi connectivity index (χ2n) is 9.88. The van der Waals surface area contributed by atoms with Gasteiger partial charge in [0.15, 0.2) is 0 Å². The molecule has 3 N–H and O–H groups in total. The molecule has 3 aromatic carbocycles. The van der Waals surface area contributed by atoms with Crippen LogP contribution in [0.15, 0.2) is 72.9 Å². The first-order chi connectivity index (χ1) is 17.0. The Balaban J connectivity index is 1.45. The number of fused-ring (bicyclic) bond motifs is 3. The summed E-state index contributed by atoms with van der Waals surface area (Å²) in [6.07, 6.45) is 7.34. The standard InChI is InChI=1S/C30H28N2O3/c31-29-23-8-5-7-21(22(23)12-15-32-29)19-10-11-25-24(16-19)27(18-30(25)13-3-4-14-30)35-26-9-2-1-6-20(26)17-28(33)34/h1-2,5-12,15-16,27H,3-4,13-14,17-18H2,(H2,31,32)(H,33,34). The normalized spacial score (nSPS) is 18.1. The summed E-state index contributed by atoms with van der Waals surface area (Å²) in [6, 6.07) is 22.5. The number of ether oxygens (including phenoxy) is 1. The highest BCUT2D eigenvalue weighted by atomic mass is 16.5. The highest BCUT2D eigenvalue weighted by Crippen LogP contribution is 2.55. The van der Waals surface area contributed by atoms with Crippen LogP contribution in [-0.4, -0.2) is 16.1 Å². The van der Waals surface area contributed by atoms with Crippen molar-refractivity contribution in [2.75, 3.05) is 5.73 Å². The number of hydrogen-bond acceptors (Lipinski definition) is 4. The molecule has 1 spiro atoms. The highest BCUT2D eigenvalue weighted by Gasteiger charge is 2.46. The van der Waals surface area contributed by atoms with Gasteiger partial charge in [-0.15, -0.1) is 0 Å². The van der Waals surface area contributed by atoms with Gasteiger partial charge in [-0.25, -0.2) is 4.98 Å². The Hall–Kier alpha value is -3.86. The van der Waals surface area contributed by atoms with Gasteiger partial charge in [0.05, 0.1) is 6.42 Å². The lowest BCUT2D eigenvalue weighted by atomic mass is 9.80. The van der Waals surface area contributed by atoms with E-state index in [9.17, 15) is 9.90 Å². The van der Waals surface area contributed by atoms with E-state index in [-0.39, 0.29) is 17.9 Å². The molecule has 1 saturated carbocycles. The minimum atomic E-state index is -0.854. The molecule has 0 radical (unpaired) electrons. The van der Waals surface area contributed by atoms with E-state index in [0.29, 0.717) is 17.1 Å². The van der Waals surface area contributed by atoms with Gasteiger partial charge < -0.3 is 15.6 Å². The van der Waals surface area contributed by atoms with Gasteiger partial charge in [-0.1, -0.05) is 61.4 Å². The number of carboxylic acids is 1. The minimum Gasteiger partial charge on any atom is -0.485 e. The van der Waals surface area contributed by atoms with Gasteiger partial charge >= 0.3 is 5.97 Å². The number of para-hydroxylation sites is 1. The molecule has 0 bridgehead atoms. The molecule has 2 aliphatic carbocycles. The van der Waals surface area contributed by atoms with Gasteiger partial charge in [0.2, 0.25) is 0 Å². The number of hydrogen-bond donors (Lipinski definition) is 2. The topological polar surface area (TPSA) is 85.4 Å². The second kappa shape index (κ2) is 8.42. The van der Waals surface area contributed by atoms with E-state index < -0.39 is 5.97 Å². The zero-order valence-corrected chi connectivity index (χ0v) is 19.5. The third kappa shape index (κ3) is 3.72. The van der Waals surface area contributed by atoms with Gasteiger partial charge in [-0.2, -0.15) is 0 Å². The molecule has 1 heterocycles. The number of carboxylic acid groups (broad SMARTS) is 1. The fourth-order valence-corrected chi connectivity index (χ4v) is 6.25. The lowest BCUT2D eigenvalue weighted by Crippen LogP contribution is -2.19. The van der Waals surface area contributed by atoms with Crippen molar-refractivity contribution >= 4 is 22.6 Å². The van der Waals surface area contributed by atoms with Crippen LogP contribution in [0.1, 0.15) is 54.9 Å². The number of nitrogens with zero attached hydrogens (tertiary/aromatic N) is 1. The summed E-state index contributed by atoms with van der Waals surface area (Å²) in [7, 11) is 0. The van der Waals surface area contributed by atoms with Gasteiger partial charge in [0, 0.05) is 17.1 Å². The second-order valence-corrected chi connectivity index (χ2v) is 9.88. The zero-order chi connectivity index (χ0) is 24.0. The van der Waals surface area contributed by atoms with E-state index in [1.54, 1.807) is 6.20 Å². The lowest BCUT2D eigenvalue weighted by molar-refractivity contribution is -0.136. The van der Waals surface area contributed by atoms with Crippen molar-refractivity contribution in [1.82, 2.24) is 4.98 Å². The molecule has 4 aromatic rings. The Bertz CT molecular complexity index is 1440. The molecule has 5 nitrogen and oxygen atoms in total. The van der Waals surface area contributed by atoms with Gasteiger partial charge in [0.25, 0.3) is 0 Å². The van der Waals surface area contributed by atoms with E-state index in [1.165, 1.54) is 36.8 Å². The molecule has 2 aliphatic rings. The predicted molar refractivity (Wildman–Crippen MR) is 138 cm³/mol. The summed E-state index contributed by atoms with van der Waals surface area (Å²) >= 11 is 0. The largest absolute Gasteiger partial charge is 0.485 e. The number of nitrogens with two attached hydrogens (primary N) is 1. The summed E-state index contributed by atoms with van der Waals surface area (Å²) < 4.78 is 6.62. The van der Waals surface area contributed by atoms with Crippen molar-refractivity contribution in [1.29, 1.82) is 0 Å². The molecule has 1 unspecified atom stereocenters. The molecule has 0 aliphatic heterocycles. The fraction of sp³-hybridized carbons (Fsp3) is 0.267. The maximum absolute atomic E-state index is 11.4.